The van der Waals surface area contributed by atoms with Crippen LogP contribution in [0.25, 0.3) is 0 Å². The van der Waals surface area contributed by atoms with Crippen LogP contribution in [0.4, 0.5) is 18.0 Å². The Morgan fingerprint density at radius 1 is 1.30 bits per heavy atom. The van der Waals surface area contributed by atoms with Crippen LogP contribution in [0.5, 0.6) is 0 Å². The maximum atomic E-state index is 12.5. The van der Waals surface area contributed by atoms with Gasteiger partial charge in [0, 0.05) is 31.9 Å². The molecule has 1 aromatic rings. The highest BCUT2D eigenvalue weighted by Crippen LogP contribution is 2.28. The number of ether oxygens (including phenoxy) is 1. The number of nitrogens with zero attached hydrogens (tertiary/aromatic N) is 3. The van der Waals surface area contributed by atoms with Gasteiger partial charge in [0.1, 0.15) is 11.4 Å². The summed E-state index contributed by atoms with van der Waals surface area (Å²) in [7, 11) is 0. The summed E-state index contributed by atoms with van der Waals surface area (Å²) >= 11 is 0. The van der Waals surface area contributed by atoms with Crippen LogP contribution in [-0.2, 0) is 17.3 Å². The Hall–Kier alpha value is -1.86. The fourth-order valence-corrected chi connectivity index (χ4v) is 2.36. The van der Waals surface area contributed by atoms with E-state index >= 15 is 0 Å². The number of halogens is 3. The molecule has 0 saturated carbocycles. The zero-order chi connectivity index (χ0) is 17.3. The number of carbonyl (C=O) groups excluding carboxylic acids is 1. The molecule has 128 valence electrons. The normalized spacial score (nSPS) is 19.0. The zero-order valence-corrected chi connectivity index (χ0v) is 13.4. The highest BCUT2D eigenvalue weighted by Gasteiger charge is 2.32. The molecule has 2 heterocycles. The smallest absolute Gasteiger partial charge is 0.419 e. The van der Waals surface area contributed by atoms with Crippen LogP contribution in [0.3, 0.4) is 0 Å². The minimum Gasteiger partial charge on any atom is -0.444 e. The van der Waals surface area contributed by atoms with E-state index in [1.165, 1.54) is 0 Å². The van der Waals surface area contributed by atoms with Crippen molar-refractivity contribution in [3.63, 3.8) is 0 Å². The monoisotopic (exact) mass is 331 g/mol. The molecule has 1 aliphatic heterocycles. The van der Waals surface area contributed by atoms with Crippen LogP contribution in [0, 0.1) is 5.92 Å². The van der Waals surface area contributed by atoms with Crippen LogP contribution >= 0.6 is 0 Å². The van der Waals surface area contributed by atoms with Gasteiger partial charge >= 0.3 is 12.3 Å². The third-order valence-electron chi connectivity index (χ3n) is 3.44. The largest absolute Gasteiger partial charge is 0.444 e. The molecule has 0 unspecified atom stereocenters. The maximum Gasteiger partial charge on any atom is 0.419 e. The number of carbonyl (C=O) groups is 1. The van der Waals surface area contributed by atoms with E-state index in [2.05, 4.69) is 9.97 Å². The van der Waals surface area contributed by atoms with Gasteiger partial charge in [0.25, 0.3) is 0 Å². The van der Waals surface area contributed by atoms with E-state index in [1.807, 2.05) is 0 Å². The van der Waals surface area contributed by atoms with Gasteiger partial charge in [-0.3, -0.25) is 0 Å². The summed E-state index contributed by atoms with van der Waals surface area (Å²) in [6.07, 6.45) is -2.01. The van der Waals surface area contributed by atoms with Gasteiger partial charge < -0.3 is 9.64 Å². The van der Waals surface area contributed by atoms with Gasteiger partial charge in [0.2, 0.25) is 0 Å². The Balaban J connectivity index is 1.89. The first-order valence-electron chi connectivity index (χ1n) is 7.40. The molecule has 0 aliphatic carbocycles. The predicted octanol–water partition coefficient (Wildman–Crippen LogP) is 3.29. The molecule has 23 heavy (non-hydrogen) atoms. The molecule has 1 atom stereocenters. The summed E-state index contributed by atoms with van der Waals surface area (Å²) in [4.78, 5) is 21.1. The van der Waals surface area contributed by atoms with Crippen molar-refractivity contribution in [1.82, 2.24) is 14.9 Å². The van der Waals surface area contributed by atoms with Crippen molar-refractivity contribution in [3.8, 4) is 0 Å². The van der Waals surface area contributed by atoms with Crippen molar-refractivity contribution < 1.29 is 22.7 Å². The first kappa shape index (κ1) is 17.5. The molecule has 0 bridgehead atoms. The molecule has 0 radical (unpaired) electrons. The molecule has 0 spiro atoms. The van der Waals surface area contributed by atoms with Crippen molar-refractivity contribution in [3.05, 3.63) is 23.8 Å². The number of rotatable bonds is 2. The Morgan fingerprint density at radius 2 is 1.91 bits per heavy atom. The van der Waals surface area contributed by atoms with Gasteiger partial charge in [-0.25, -0.2) is 14.8 Å². The summed E-state index contributed by atoms with van der Waals surface area (Å²) < 4.78 is 42.7. The fraction of sp³-hybridized carbons (Fsp3) is 0.667. The topological polar surface area (TPSA) is 55.3 Å². The average Bonchev–Trinajstić information content (AvgIpc) is 2.85. The SMILES string of the molecule is CC(C)(C)OC(=O)N1CC[C@@H](Cc2ncc(C(F)(F)F)cn2)C1. The number of alkyl halides is 3. The molecule has 1 saturated heterocycles. The molecule has 1 amide bonds. The highest BCUT2D eigenvalue weighted by molar-refractivity contribution is 5.68. The molecule has 0 N–H and O–H groups in total. The number of likely N-dealkylation sites (tertiary alicyclic amines) is 1. The first-order valence-corrected chi connectivity index (χ1v) is 7.40. The van der Waals surface area contributed by atoms with E-state index in [0.29, 0.717) is 25.3 Å². The minimum atomic E-state index is -4.43. The highest BCUT2D eigenvalue weighted by atomic mass is 19.4. The Labute approximate surface area is 132 Å². The molecule has 0 aromatic carbocycles. The summed E-state index contributed by atoms with van der Waals surface area (Å²) in [5.41, 5.74) is -1.41. The van der Waals surface area contributed by atoms with Crippen molar-refractivity contribution in [2.75, 3.05) is 13.1 Å². The van der Waals surface area contributed by atoms with Crippen molar-refractivity contribution in [1.29, 1.82) is 0 Å². The lowest BCUT2D eigenvalue weighted by Gasteiger charge is -2.24. The summed E-state index contributed by atoms with van der Waals surface area (Å²) in [6.45, 7) is 6.47. The third kappa shape index (κ3) is 5.07. The Bertz CT molecular complexity index is 553. The van der Waals surface area contributed by atoms with Gasteiger partial charge in [-0.05, 0) is 33.1 Å². The lowest BCUT2D eigenvalue weighted by Crippen LogP contribution is -2.35. The van der Waals surface area contributed by atoms with Crippen LogP contribution < -0.4 is 0 Å². The zero-order valence-electron chi connectivity index (χ0n) is 13.4. The van der Waals surface area contributed by atoms with Gasteiger partial charge in [-0.15, -0.1) is 0 Å². The Morgan fingerprint density at radius 3 is 2.43 bits per heavy atom. The third-order valence-corrected chi connectivity index (χ3v) is 3.44. The molecule has 2 rings (SSSR count). The van der Waals surface area contributed by atoms with Crippen LogP contribution in [-0.4, -0.2) is 39.7 Å². The van der Waals surface area contributed by atoms with Crippen LogP contribution in [0.1, 0.15) is 38.6 Å². The van der Waals surface area contributed by atoms with Crippen molar-refractivity contribution in [2.24, 2.45) is 5.92 Å². The van der Waals surface area contributed by atoms with E-state index in [-0.39, 0.29) is 12.0 Å². The number of aromatic nitrogens is 2. The molecule has 1 aliphatic rings. The van der Waals surface area contributed by atoms with Crippen LogP contribution in [0.2, 0.25) is 0 Å². The van der Waals surface area contributed by atoms with E-state index in [4.69, 9.17) is 4.74 Å². The van der Waals surface area contributed by atoms with Gasteiger partial charge in [-0.1, -0.05) is 0 Å². The quantitative estimate of drug-likeness (QED) is 0.834. The van der Waals surface area contributed by atoms with E-state index in [1.54, 1.807) is 25.7 Å². The van der Waals surface area contributed by atoms with E-state index < -0.39 is 17.3 Å². The van der Waals surface area contributed by atoms with Crippen LogP contribution in [0.15, 0.2) is 12.4 Å². The molecule has 1 fully saturated rings. The second-order valence-electron chi connectivity index (χ2n) is 6.67. The minimum absolute atomic E-state index is 0.124. The summed E-state index contributed by atoms with van der Waals surface area (Å²) in [5, 5.41) is 0. The Kier molecular flexibility index (Phi) is 4.81. The molecular formula is C15H20F3N3O2. The maximum absolute atomic E-state index is 12.5. The van der Waals surface area contributed by atoms with Gasteiger partial charge in [-0.2, -0.15) is 13.2 Å². The summed E-state index contributed by atoms with van der Waals surface area (Å²) in [5.74, 6) is 0.480. The lowest BCUT2D eigenvalue weighted by atomic mass is 10.0. The number of hydrogen-bond donors (Lipinski definition) is 0. The predicted molar refractivity (Wildman–Crippen MR) is 76.7 cm³/mol. The second-order valence-corrected chi connectivity index (χ2v) is 6.67. The molecular weight excluding hydrogens is 311 g/mol. The molecule has 1 aromatic heterocycles. The van der Waals surface area contributed by atoms with Gasteiger partial charge in [0.05, 0.1) is 5.56 Å². The number of hydrogen-bond acceptors (Lipinski definition) is 4. The summed E-state index contributed by atoms with van der Waals surface area (Å²) in [6, 6.07) is 0. The van der Waals surface area contributed by atoms with Crippen molar-refractivity contribution >= 4 is 6.09 Å². The van der Waals surface area contributed by atoms with Crippen molar-refractivity contribution in [2.45, 2.75) is 45.4 Å². The van der Waals surface area contributed by atoms with Gasteiger partial charge in [0.15, 0.2) is 0 Å². The lowest BCUT2D eigenvalue weighted by molar-refractivity contribution is -0.138. The standard InChI is InChI=1S/C15H20F3N3O2/c1-14(2,3)23-13(22)21-5-4-10(9-21)6-12-19-7-11(8-20-12)15(16,17)18/h7-8,10H,4-6,9H2,1-3H3/t10-/m0/s1. The number of amides is 1. The van der Waals surface area contributed by atoms with E-state index in [9.17, 15) is 18.0 Å². The van der Waals surface area contributed by atoms with E-state index in [0.717, 1.165) is 18.8 Å². The fourth-order valence-electron chi connectivity index (χ4n) is 2.36. The molecule has 8 heteroatoms. The second kappa shape index (κ2) is 6.33. The first-order chi connectivity index (χ1) is 10.5. The average molecular weight is 331 g/mol. The molecule has 5 nitrogen and oxygen atoms in total.